The van der Waals surface area contributed by atoms with Crippen molar-refractivity contribution in [3.63, 3.8) is 0 Å². The van der Waals surface area contributed by atoms with Crippen molar-refractivity contribution in [2.24, 2.45) is 0 Å². The van der Waals surface area contributed by atoms with E-state index in [1.54, 1.807) is 6.08 Å². The van der Waals surface area contributed by atoms with Gasteiger partial charge in [0.1, 0.15) is 0 Å². The lowest BCUT2D eigenvalue weighted by molar-refractivity contribution is -0.114. The van der Waals surface area contributed by atoms with Gasteiger partial charge in [0.2, 0.25) is 0 Å². The van der Waals surface area contributed by atoms with Crippen LogP contribution in [0.5, 0.6) is 0 Å². The number of carbonyl (C=O) groups excluding carboxylic acids is 1. The lowest BCUT2D eigenvalue weighted by Gasteiger charge is -2.10. The second-order valence-corrected chi connectivity index (χ2v) is 4.03. The summed E-state index contributed by atoms with van der Waals surface area (Å²) in [4.78, 5) is 11.6. The first-order chi connectivity index (χ1) is 7.65. The molecule has 0 amide bonds. The monoisotopic (exact) mass is 223 g/mol. The maximum absolute atomic E-state index is 11.6. The summed E-state index contributed by atoms with van der Waals surface area (Å²) in [6, 6.07) is 0. The second kappa shape index (κ2) is 9.20. The molecule has 0 aromatic heterocycles. The van der Waals surface area contributed by atoms with Crippen molar-refractivity contribution in [2.45, 2.75) is 53.4 Å². The van der Waals surface area contributed by atoms with Crippen LogP contribution in [0.1, 0.15) is 53.4 Å². The molecule has 0 unspecified atom stereocenters. The number of nitrogens with one attached hydrogen (secondary N) is 1. The average molecular weight is 223 g/mol. The molecule has 0 radical (unpaired) electrons. The maximum atomic E-state index is 11.6. The van der Waals surface area contributed by atoms with Crippen LogP contribution in [0.15, 0.2) is 23.4 Å². The first kappa shape index (κ1) is 14.9. The SMILES string of the molecule is C/C=C(C)/C(=C/C(=O)CCC)NCCCC. The maximum Gasteiger partial charge on any atom is 0.157 e. The Labute approximate surface area is 99.8 Å². The van der Waals surface area contributed by atoms with Crippen molar-refractivity contribution < 1.29 is 4.79 Å². The van der Waals surface area contributed by atoms with Crippen molar-refractivity contribution in [2.75, 3.05) is 6.54 Å². The van der Waals surface area contributed by atoms with Gasteiger partial charge in [-0.25, -0.2) is 0 Å². The molecule has 16 heavy (non-hydrogen) atoms. The standard InChI is InChI=1S/C14H25NO/c1-5-8-10-15-14(12(4)7-3)11-13(16)9-6-2/h7,11,15H,5-6,8-10H2,1-4H3/b12-7+,14-11-. The molecule has 0 aliphatic rings. The second-order valence-electron chi connectivity index (χ2n) is 4.03. The topological polar surface area (TPSA) is 29.1 Å². The molecule has 0 aliphatic heterocycles. The van der Waals surface area contributed by atoms with Gasteiger partial charge in [0.15, 0.2) is 5.78 Å². The molecule has 0 fully saturated rings. The van der Waals surface area contributed by atoms with Crippen molar-refractivity contribution in [1.82, 2.24) is 5.32 Å². The fraction of sp³-hybridized carbons (Fsp3) is 0.643. The number of allylic oxidation sites excluding steroid dienone is 3. The molecule has 0 bridgehead atoms. The number of hydrogen-bond acceptors (Lipinski definition) is 2. The molecule has 0 saturated carbocycles. The third kappa shape index (κ3) is 6.44. The van der Waals surface area contributed by atoms with E-state index in [2.05, 4.69) is 12.2 Å². The molecule has 0 aromatic rings. The van der Waals surface area contributed by atoms with Crippen LogP contribution in [0.3, 0.4) is 0 Å². The van der Waals surface area contributed by atoms with Gasteiger partial charge in [0, 0.05) is 24.7 Å². The van der Waals surface area contributed by atoms with E-state index in [1.165, 1.54) is 0 Å². The van der Waals surface area contributed by atoms with E-state index >= 15 is 0 Å². The molecule has 0 atom stereocenters. The average Bonchev–Trinajstić information content (AvgIpc) is 2.27. The van der Waals surface area contributed by atoms with Crippen LogP contribution in [0.2, 0.25) is 0 Å². The number of ketones is 1. The molecule has 0 rings (SSSR count). The lowest BCUT2D eigenvalue weighted by Crippen LogP contribution is -2.17. The Kier molecular flexibility index (Phi) is 8.59. The highest BCUT2D eigenvalue weighted by Gasteiger charge is 2.02. The van der Waals surface area contributed by atoms with E-state index in [9.17, 15) is 4.79 Å². The minimum absolute atomic E-state index is 0.211. The van der Waals surface area contributed by atoms with Gasteiger partial charge >= 0.3 is 0 Å². The summed E-state index contributed by atoms with van der Waals surface area (Å²) in [7, 11) is 0. The van der Waals surface area contributed by atoms with Gasteiger partial charge in [-0.2, -0.15) is 0 Å². The highest BCUT2D eigenvalue weighted by atomic mass is 16.1. The van der Waals surface area contributed by atoms with Crippen LogP contribution >= 0.6 is 0 Å². The molecule has 92 valence electrons. The molecule has 0 aromatic carbocycles. The smallest absolute Gasteiger partial charge is 0.157 e. The van der Waals surface area contributed by atoms with Gasteiger partial charge in [0.25, 0.3) is 0 Å². The van der Waals surface area contributed by atoms with Gasteiger partial charge < -0.3 is 5.32 Å². The minimum atomic E-state index is 0.211. The van der Waals surface area contributed by atoms with E-state index in [0.29, 0.717) is 6.42 Å². The van der Waals surface area contributed by atoms with Crippen LogP contribution < -0.4 is 5.32 Å². The first-order valence-electron chi connectivity index (χ1n) is 6.27. The van der Waals surface area contributed by atoms with Gasteiger partial charge in [-0.1, -0.05) is 26.3 Å². The lowest BCUT2D eigenvalue weighted by atomic mass is 10.1. The molecular weight excluding hydrogens is 198 g/mol. The van der Waals surface area contributed by atoms with E-state index in [4.69, 9.17) is 0 Å². The van der Waals surface area contributed by atoms with Gasteiger partial charge in [-0.15, -0.1) is 0 Å². The fourth-order valence-corrected chi connectivity index (χ4v) is 1.34. The largest absolute Gasteiger partial charge is 0.385 e. The van der Waals surface area contributed by atoms with Crippen LogP contribution in [0.25, 0.3) is 0 Å². The summed E-state index contributed by atoms with van der Waals surface area (Å²) in [6.07, 6.45) is 7.62. The third-order valence-corrected chi connectivity index (χ3v) is 2.51. The Morgan fingerprint density at radius 3 is 2.44 bits per heavy atom. The normalized spacial score (nSPS) is 12.8. The number of hydrogen-bond donors (Lipinski definition) is 1. The summed E-state index contributed by atoms with van der Waals surface area (Å²) >= 11 is 0. The van der Waals surface area contributed by atoms with Crippen molar-refractivity contribution >= 4 is 5.78 Å². The van der Waals surface area contributed by atoms with Gasteiger partial charge in [-0.3, -0.25) is 4.79 Å². The van der Waals surface area contributed by atoms with Crippen molar-refractivity contribution in [3.8, 4) is 0 Å². The zero-order valence-electron chi connectivity index (χ0n) is 11.1. The molecule has 0 spiro atoms. The summed E-state index contributed by atoms with van der Waals surface area (Å²) in [6.45, 7) is 9.15. The molecular formula is C14H25NO. The molecule has 2 nitrogen and oxygen atoms in total. The zero-order chi connectivity index (χ0) is 12.4. The highest BCUT2D eigenvalue weighted by Crippen LogP contribution is 2.07. The van der Waals surface area contributed by atoms with E-state index in [-0.39, 0.29) is 5.78 Å². The number of unbranched alkanes of at least 4 members (excludes halogenated alkanes) is 1. The highest BCUT2D eigenvalue weighted by molar-refractivity contribution is 5.90. The number of rotatable bonds is 8. The van der Waals surface area contributed by atoms with E-state index < -0.39 is 0 Å². The predicted molar refractivity (Wildman–Crippen MR) is 70.3 cm³/mol. The van der Waals surface area contributed by atoms with Crippen LogP contribution in [0.4, 0.5) is 0 Å². The molecule has 1 N–H and O–H groups in total. The molecule has 2 heteroatoms. The van der Waals surface area contributed by atoms with Gasteiger partial charge in [0.05, 0.1) is 0 Å². The van der Waals surface area contributed by atoms with Crippen LogP contribution in [-0.4, -0.2) is 12.3 Å². The summed E-state index contributed by atoms with van der Waals surface area (Å²) < 4.78 is 0. The Balaban J connectivity index is 4.47. The van der Waals surface area contributed by atoms with Gasteiger partial charge in [-0.05, 0) is 32.3 Å². The molecule has 0 aliphatic carbocycles. The zero-order valence-corrected chi connectivity index (χ0v) is 11.1. The van der Waals surface area contributed by atoms with E-state index in [1.807, 2.05) is 26.8 Å². The predicted octanol–water partition coefficient (Wildman–Crippen LogP) is 3.60. The Morgan fingerprint density at radius 1 is 1.25 bits per heavy atom. The quantitative estimate of drug-likeness (QED) is 0.387. The Morgan fingerprint density at radius 2 is 1.94 bits per heavy atom. The summed E-state index contributed by atoms with van der Waals surface area (Å²) in [5, 5.41) is 3.33. The molecule has 0 heterocycles. The van der Waals surface area contributed by atoms with Crippen molar-refractivity contribution in [1.29, 1.82) is 0 Å². The number of carbonyl (C=O) groups is 1. The van der Waals surface area contributed by atoms with Crippen LogP contribution in [0, 0.1) is 0 Å². The third-order valence-electron chi connectivity index (χ3n) is 2.51. The minimum Gasteiger partial charge on any atom is -0.385 e. The summed E-state index contributed by atoms with van der Waals surface area (Å²) in [5.41, 5.74) is 2.12. The fourth-order valence-electron chi connectivity index (χ4n) is 1.34. The Hall–Kier alpha value is -1.05. The van der Waals surface area contributed by atoms with Crippen molar-refractivity contribution in [3.05, 3.63) is 23.4 Å². The summed E-state index contributed by atoms with van der Waals surface area (Å²) in [5.74, 6) is 0.211. The first-order valence-corrected chi connectivity index (χ1v) is 6.27. The van der Waals surface area contributed by atoms with E-state index in [0.717, 1.165) is 37.1 Å². The molecule has 0 saturated heterocycles. The Bertz CT molecular complexity index is 264. The van der Waals surface area contributed by atoms with Crippen LogP contribution in [-0.2, 0) is 4.79 Å².